The minimum Gasteiger partial charge on any atom is -0.381 e. The number of nitrogens with zero attached hydrogens (tertiary/aromatic N) is 5. The van der Waals surface area contributed by atoms with Crippen molar-refractivity contribution in [3.63, 3.8) is 0 Å². The Balaban J connectivity index is 1.72. The predicted molar refractivity (Wildman–Crippen MR) is 63.6 cm³/mol. The predicted octanol–water partition coefficient (Wildman–Crippen LogP) is -0.0518. The Morgan fingerprint density at radius 3 is 3.17 bits per heavy atom. The molecule has 1 aliphatic heterocycles. The second-order valence-electron chi connectivity index (χ2n) is 4.58. The fourth-order valence-electron chi connectivity index (χ4n) is 2.08. The lowest BCUT2D eigenvalue weighted by atomic mass is 10.1. The molecule has 7 nitrogen and oxygen atoms in total. The molecule has 1 amide bonds. The van der Waals surface area contributed by atoms with Crippen molar-refractivity contribution in [3.8, 4) is 0 Å². The van der Waals surface area contributed by atoms with Crippen molar-refractivity contribution in [2.45, 2.75) is 26.3 Å². The van der Waals surface area contributed by atoms with Crippen LogP contribution in [-0.2, 0) is 16.1 Å². The maximum Gasteiger partial charge on any atom is 0.244 e. The molecule has 0 saturated carbocycles. The fraction of sp³-hybridized carbons (Fsp3) is 0.818. The van der Waals surface area contributed by atoms with Crippen molar-refractivity contribution in [2.24, 2.45) is 5.92 Å². The summed E-state index contributed by atoms with van der Waals surface area (Å²) in [4.78, 5) is 13.8. The van der Waals surface area contributed by atoms with Crippen LogP contribution in [-0.4, -0.2) is 57.3 Å². The van der Waals surface area contributed by atoms with Crippen LogP contribution in [0.15, 0.2) is 6.33 Å². The normalized spacial score (nSPS) is 19.4. The van der Waals surface area contributed by atoms with E-state index >= 15 is 0 Å². The zero-order chi connectivity index (χ0) is 12.8. The lowest BCUT2D eigenvalue weighted by Gasteiger charge is -2.16. The third kappa shape index (κ3) is 3.49. The topological polar surface area (TPSA) is 73.1 Å². The summed E-state index contributed by atoms with van der Waals surface area (Å²) in [5.74, 6) is 0.537. The number of ether oxygens (including phenoxy) is 1. The molecule has 2 heterocycles. The molecule has 7 heteroatoms. The lowest BCUT2D eigenvalue weighted by molar-refractivity contribution is -0.131. The highest BCUT2D eigenvalue weighted by molar-refractivity contribution is 5.76. The molecule has 1 aliphatic rings. The van der Waals surface area contributed by atoms with Gasteiger partial charge in [0.05, 0.1) is 6.61 Å². The van der Waals surface area contributed by atoms with Gasteiger partial charge in [0.25, 0.3) is 0 Å². The van der Waals surface area contributed by atoms with E-state index in [-0.39, 0.29) is 12.5 Å². The number of hydrogen-bond acceptors (Lipinski definition) is 5. The molecule has 100 valence electrons. The molecule has 1 atom stereocenters. The molecule has 1 unspecified atom stereocenters. The Morgan fingerprint density at radius 2 is 2.44 bits per heavy atom. The molecule has 0 spiro atoms. The fourth-order valence-corrected chi connectivity index (χ4v) is 2.08. The van der Waals surface area contributed by atoms with Crippen LogP contribution in [0.2, 0.25) is 0 Å². The summed E-state index contributed by atoms with van der Waals surface area (Å²) in [5.41, 5.74) is 0. The Bertz CT molecular complexity index is 368. The second-order valence-corrected chi connectivity index (χ2v) is 4.58. The summed E-state index contributed by atoms with van der Waals surface area (Å²) >= 11 is 0. The number of aromatic nitrogens is 4. The number of carbonyl (C=O) groups is 1. The van der Waals surface area contributed by atoms with Crippen LogP contribution in [0.3, 0.4) is 0 Å². The van der Waals surface area contributed by atoms with Crippen LogP contribution in [0.25, 0.3) is 0 Å². The minimum absolute atomic E-state index is 0.0697. The van der Waals surface area contributed by atoms with Gasteiger partial charge in [-0.05, 0) is 23.3 Å². The molecule has 1 aromatic heterocycles. The van der Waals surface area contributed by atoms with Crippen LogP contribution in [0.1, 0.15) is 19.8 Å². The first-order chi connectivity index (χ1) is 8.79. The number of likely N-dealkylation sites (tertiary alicyclic amines) is 1. The zero-order valence-electron chi connectivity index (χ0n) is 10.7. The lowest BCUT2D eigenvalue weighted by Crippen LogP contribution is -2.32. The van der Waals surface area contributed by atoms with Gasteiger partial charge in [0.15, 0.2) is 0 Å². The minimum atomic E-state index is 0.0697. The molecule has 1 fully saturated rings. The summed E-state index contributed by atoms with van der Waals surface area (Å²) in [6.07, 6.45) is 3.51. The maximum atomic E-state index is 12.0. The van der Waals surface area contributed by atoms with Crippen molar-refractivity contribution in [1.82, 2.24) is 25.1 Å². The van der Waals surface area contributed by atoms with Crippen LogP contribution in [0, 0.1) is 5.92 Å². The smallest absolute Gasteiger partial charge is 0.244 e. The number of amides is 1. The Labute approximate surface area is 106 Å². The number of hydrogen-bond donors (Lipinski definition) is 0. The average Bonchev–Trinajstić information content (AvgIpc) is 3.00. The van der Waals surface area contributed by atoms with E-state index in [4.69, 9.17) is 4.74 Å². The monoisotopic (exact) mass is 253 g/mol. The van der Waals surface area contributed by atoms with Crippen LogP contribution < -0.4 is 0 Å². The van der Waals surface area contributed by atoms with E-state index in [2.05, 4.69) is 22.4 Å². The number of carbonyl (C=O) groups excluding carboxylic acids is 1. The Hall–Kier alpha value is -1.50. The molecule has 0 bridgehead atoms. The molecule has 1 aromatic rings. The summed E-state index contributed by atoms with van der Waals surface area (Å²) < 4.78 is 6.97. The molecule has 2 rings (SSSR count). The van der Waals surface area contributed by atoms with E-state index in [1.807, 2.05) is 4.90 Å². The van der Waals surface area contributed by atoms with Gasteiger partial charge in [0.2, 0.25) is 5.91 Å². The SMILES string of the molecule is CCCOCC1CCN(C(=O)Cn2cnnn2)C1. The van der Waals surface area contributed by atoms with Gasteiger partial charge in [-0.25, -0.2) is 4.68 Å². The first-order valence-electron chi connectivity index (χ1n) is 6.36. The van der Waals surface area contributed by atoms with Gasteiger partial charge in [-0.15, -0.1) is 5.10 Å². The molecule has 1 saturated heterocycles. The van der Waals surface area contributed by atoms with Crippen LogP contribution in [0.4, 0.5) is 0 Å². The highest BCUT2D eigenvalue weighted by atomic mass is 16.5. The molecule has 18 heavy (non-hydrogen) atoms. The molecule has 0 aliphatic carbocycles. The molecular weight excluding hydrogens is 234 g/mol. The van der Waals surface area contributed by atoms with Gasteiger partial charge in [0, 0.05) is 25.6 Å². The van der Waals surface area contributed by atoms with Crippen molar-refractivity contribution in [3.05, 3.63) is 6.33 Å². The molecule has 0 radical (unpaired) electrons. The van der Waals surface area contributed by atoms with E-state index in [1.54, 1.807) is 0 Å². The van der Waals surface area contributed by atoms with Crippen molar-refractivity contribution in [1.29, 1.82) is 0 Å². The summed E-state index contributed by atoms with van der Waals surface area (Å²) in [5, 5.41) is 10.7. The second kappa shape index (κ2) is 6.44. The van der Waals surface area contributed by atoms with E-state index in [1.165, 1.54) is 11.0 Å². The zero-order valence-corrected chi connectivity index (χ0v) is 10.7. The summed E-state index contributed by atoms with van der Waals surface area (Å²) in [6.45, 7) is 5.45. The van der Waals surface area contributed by atoms with Crippen LogP contribution in [0.5, 0.6) is 0 Å². The van der Waals surface area contributed by atoms with Gasteiger partial charge in [-0.2, -0.15) is 0 Å². The average molecular weight is 253 g/mol. The first-order valence-corrected chi connectivity index (χ1v) is 6.36. The third-order valence-electron chi connectivity index (χ3n) is 3.03. The van der Waals surface area contributed by atoms with Gasteiger partial charge in [0.1, 0.15) is 12.9 Å². The van der Waals surface area contributed by atoms with E-state index < -0.39 is 0 Å². The van der Waals surface area contributed by atoms with Crippen molar-refractivity contribution < 1.29 is 9.53 Å². The van der Waals surface area contributed by atoms with E-state index in [0.29, 0.717) is 5.92 Å². The van der Waals surface area contributed by atoms with Gasteiger partial charge in [-0.1, -0.05) is 6.92 Å². The highest BCUT2D eigenvalue weighted by Crippen LogP contribution is 2.16. The Kier molecular flexibility index (Phi) is 4.63. The van der Waals surface area contributed by atoms with Gasteiger partial charge >= 0.3 is 0 Å². The van der Waals surface area contributed by atoms with Gasteiger partial charge < -0.3 is 9.64 Å². The quantitative estimate of drug-likeness (QED) is 0.664. The summed E-state index contributed by atoms with van der Waals surface area (Å²) in [7, 11) is 0. The van der Waals surface area contributed by atoms with Crippen LogP contribution >= 0.6 is 0 Å². The maximum absolute atomic E-state index is 12.0. The van der Waals surface area contributed by atoms with E-state index in [9.17, 15) is 4.79 Å². The number of tetrazole rings is 1. The van der Waals surface area contributed by atoms with Crippen molar-refractivity contribution in [2.75, 3.05) is 26.3 Å². The highest BCUT2D eigenvalue weighted by Gasteiger charge is 2.26. The molecule has 0 aromatic carbocycles. The summed E-state index contributed by atoms with van der Waals surface area (Å²) in [6, 6.07) is 0. The Morgan fingerprint density at radius 1 is 1.56 bits per heavy atom. The first kappa shape index (κ1) is 12.9. The van der Waals surface area contributed by atoms with Crippen molar-refractivity contribution >= 4 is 5.91 Å². The number of rotatable bonds is 6. The van der Waals surface area contributed by atoms with Gasteiger partial charge in [-0.3, -0.25) is 4.79 Å². The standard InChI is InChI=1S/C11H19N5O2/c1-2-5-18-8-10-3-4-15(6-10)11(17)7-16-9-12-13-14-16/h9-10H,2-8H2,1H3. The molecular formula is C11H19N5O2. The largest absolute Gasteiger partial charge is 0.381 e. The molecule has 0 N–H and O–H groups in total. The van der Waals surface area contributed by atoms with E-state index in [0.717, 1.165) is 39.1 Å². The third-order valence-corrected chi connectivity index (χ3v) is 3.03.